The molecule has 132 valence electrons. The number of H-pyrrole nitrogens is 2. The van der Waals surface area contributed by atoms with Gasteiger partial charge >= 0.3 is 5.69 Å². The highest BCUT2D eigenvalue weighted by atomic mass is 31.2. The highest BCUT2D eigenvalue weighted by molar-refractivity contribution is 7.43. The van der Waals surface area contributed by atoms with E-state index in [1.165, 1.54) is 0 Å². The maximum atomic E-state index is 11.2. The van der Waals surface area contributed by atoms with Gasteiger partial charge in [0, 0.05) is 6.54 Å². The molecular weight excluding hydrogens is 339 g/mol. The lowest BCUT2D eigenvalue weighted by Crippen LogP contribution is -2.44. The summed E-state index contributed by atoms with van der Waals surface area (Å²) in [6, 6.07) is 0. The first-order chi connectivity index (χ1) is 10.5. The van der Waals surface area contributed by atoms with E-state index in [1.807, 2.05) is 4.98 Å². The van der Waals surface area contributed by atoms with Crippen molar-refractivity contribution in [2.75, 3.05) is 24.2 Å². The molecular formula is C9H15N4O9P-2. The van der Waals surface area contributed by atoms with Crippen LogP contribution in [0.5, 0.6) is 0 Å². The number of aromatic nitrogens is 2. The van der Waals surface area contributed by atoms with Gasteiger partial charge in [-0.15, -0.1) is 0 Å². The maximum absolute atomic E-state index is 11.2. The van der Waals surface area contributed by atoms with Gasteiger partial charge in [0.2, 0.25) is 0 Å². The number of nitrogen functional groups attached to an aromatic ring is 1. The van der Waals surface area contributed by atoms with E-state index in [2.05, 4.69) is 14.8 Å². The minimum Gasteiger partial charge on any atom is -0.790 e. The second-order valence-electron chi connectivity index (χ2n) is 4.45. The Morgan fingerprint density at radius 2 is 1.83 bits per heavy atom. The minimum atomic E-state index is -5.33. The molecule has 1 heterocycles. The van der Waals surface area contributed by atoms with E-state index in [0.29, 0.717) is 0 Å². The molecule has 0 saturated heterocycles. The lowest BCUT2D eigenvalue weighted by atomic mass is 10.1. The van der Waals surface area contributed by atoms with Gasteiger partial charge in [0.25, 0.3) is 5.56 Å². The number of nitrogens with two attached hydrogens (primary N) is 1. The Labute approximate surface area is 128 Å². The van der Waals surface area contributed by atoms with Crippen LogP contribution in [0.1, 0.15) is 0 Å². The van der Waals surface area contributed by atoms with Crippen molar-refractivity contribution in [2.45, 2.75) is 18.3 Å². The van der Waals surface area contributed by atoms with Crippen LogP contribution in [0.15, 0.2) is 9.59 Å². The van der Waals surface area contributed by atoms with Crippen molar-refractivity contribution in [1.29, 1.82) is 0 Å². The third-order valence-electron chi connectivity index (χ3n) is 2.66. The average Bonchev–Trinajstić information content (AvgIpc) is 2.44. The van der Waals surface area contributed by atoms with Gasteiger partial charge in [-0.2, -0.15) is 0 Å². The lowest BCUT2D eigenvalue weighted by Gasteiger charge is -2.31. The minimum absolute atomic E-state index is 0.223. The summed E-state index contributed by atoms with van der Waals surface area (Å²) in [7, 11) is -5.33. The van der Waals surface area contributed by atoms with Crippen LogP contribution >= 0.6 is 7.82 Å². The van der Waals surface area contributed by atoms with Crippen molar-refractivity contribution in [2.24, 2.45) is 0 Å². The van der Waals surface area contributed by atoms with Gasteiger partial charge in [0.1, 0.15) is 23.7 Å². The zero-order valence-corrected chi connectivity index (χ0v) is 12.4. The quantitative estimate of drug-likeness (QED) is 0.218. The molecule has 0 spiro atoms. The van der Waals surface area contributed by atoms with Crippen LogP contribution in [0.2, 0.25) is 0 Å². The van der Waals surface area contributed by atoms with Gasteiger partial charge in [0.15, 0.2) is 0 Å². The topological polar surface area (TPSA) is 237 Å². The molecule has 13 nitrogen and oxygen atoms in total. The maximum Gasteiger partial charge on any atom is 0.327 e. The zero-order valence-electron chi connectivity index (χ0n) is 11.5. The predicted molar refractivity (Wildman–Crippen MR) is 72.2 cm³/mol. The summed E-state index contributed by atoms with van der Waals surface area (Å²) in [6.07, 6.45) is -5.43. The number of aromatic amines is 2. The molecule has 0 aromatic carbocycles. The fourth-order valence-corrected chi connectivity index (χ4v) is 1.82. The zero-order chi connectivity index (χ0) is 17.8. The molecule has 23 heavy (non-hydrogen) atoms. The summed E-state index contributed by atoms with van der Waals surface area (Å²) in [4.78, 5) is 46.8. The summed E-state index contributed by atoms with van der Waals surface area (Å²) in [5.41, 5.74) is 3.26. The Bertz CT molecular complexity index is 682. The summed E-state index contributed by atoms with van der Waals surface area (Å²) >= 11 is 0. The molecule has 0 aliphatic carbocycles. The molecule has 0 bridgehead atoms. The van der Waals surface area contributed by atoms with Crippen molar-refractivity contribution in [3.05, 3.63) is 20.8 Å². The van der Waals surface area contributed by atoms with E-state index in [1.54, 1.807) is 0 Å². The Balaban J connectivity index is 2.62. The molecule has 0 amide bonds. The molecule has 1 rings (SSSR count). The highest BCUT2D eigenvalue weighted by Gasteiger charge is 2.25. The van der Waals surface area contributed by atoms with Crippen molar-refractivity contribution in [3.8, 4) is 0 Å². The molecule has 0 radical (unpaired) electrons. The number of phosphoric acid groups is 1. The normalized spacial score (nSPS) is 15.9. The van der Waals surface area contributed by atoms with Crippen LogP contribution in [0.4, 0.5) is 11.5 Å². The fourth-order valence-electron chi connectivity index (χ4n) is 1.49. The van der Waals surface area contributed by atoms with Crippen LogP contribution in [-0.4, -0.2) is 56.8 Å². The molecule has 0 fully saturated rings. The third-order valence-corrected chi connectivity index (χ3v) is 3.12. The fraction of sp³-hybridized carbons (Fsp3) is 0.556. The van der Waals surface area contributed by atoms with Crippen molar-refractivity contribution in [1.82, 2.24) is 9.97 Å². The standard InChI is InChI=1S/C9H17N4O9P/c10-5-7(12-9(18)13-8(5)17)11-1-3(14)6(16)4(15)2-22-23(19,20)21/h3-4,6,14-16H,1-2,10H2,(H2,19,20,21)(H3,11,12,13,17,18)/p-2/t3-,4+,6-/m0/s1. The summed E-state index contributed by atoms with van der Waals surface area (Å²) in [5.74, 6) is -0.223. The number of aliphatic hydroxyl groups is 3. The van der Waals surface area contributed by atoms with E-state index in [9.17, 15) is 39.3 Å². The van der Waals surface area contributed by atoms with Gasteiger partial charge in [-0.3, -0.25) is 14.8 Å². The van der Waals surface area contributed by atoms with E-state index >= 15 is 0 Å². The molecule has 3 atom stereocenters. The smallest absolute Gasteiger partial charge is 0.327 e. The van der Waals surface area contributed by atoms with E-state index < -0.39 is 50.5 Å². The Hall–Kier alpha value is -1.73. The molecule has 0 saturated carbocycles. The van der Waals surface area contributed by atoms with Gasteiger partial charge in [-0.25, -0.2) is 4.79 Å². The monoisotopic (exact) mass is 354 g/mol. The molecule has 0 aliphatic heterocycles. The third kappa shape index (κ3) is 6.11. The molecule has 1 aromatic rings. The second kappa shape index (κ2) is 7.70. The second-order valence-corrected chi connectivity index (χ2v) is 5.60. The predicted octanol–water partition coefficient (Wildman–Crippen LogP) is -5.01. The van der Waals surface area contributed by atoms with Gasteiger partial charge in [-0.05, 0) is 0 Å². The Kier molecular flexibility index (Phi) is 6.47. The first kappa shape index (κ1) is 19.3. The molecule has 0 unspecified atom stereocenters. The van der Waals surface area contributed by atoms with Crippen LogP contribution < -0.4 is 32.1 Å². The van der Waals surface area contributed by atoms with Crippen molar-refractivity contribution < 1.29 is 34.2 Å². The van der Waals surface area contributed by atoms with Gasteiger partial charge in [-0.1, -0.05) is 0 Å². The summed E-state index contributed by atoms with van der Waals surface area (Å²) in [5, 5.41) is 30.9. The Morgan fingerprint density at radius 3 is 2.39 bits per heavy atom. The van der Waals surface area contributed by atoms with E-state index in [0.717, 1.165) is 0 Å². The van der Waals surface area contributed by atoms with Crippen molar-refractivity contribution in [3.63, 3.8) is 0 Å². The molecule has 8 N–H and O–H groups in total. The number of phosphoric ester groups is 1. The number of nitrogens with one attached hydrogen (secondary N) is 3. The van der Waals surface area contributed by atoms with Crippen LogP contribution in [0.3, 0.4) is 0 Å². The van der Waals surface area contributed by atoms with Crippen LogP contribution in [0.25, 0.3) is 0 Å². The first-order valence-electron chi connectivity index (χ1n) is 6.08. The molecule has 0 aliphatic rings. The van der Waals surface area contributed by atoms with Crippen molar-refractivity contribution >= 4 is 19.3 Å². The molecule has 14 heteroatoms. The van der Waals surface area contributed by atoms with E-state index in [4.69, 9.17) is 5.73 Å². The summed E-state index contributed by atoms with van der Waals surface area (Å²) in [6.45, 7) is -1.53. The SMILES string of the molecule is Nc1c(NC[C@H](O)[C@H](O)[C@H](O)COP(=O)([O-])[O-])[nH]c(=O)[nH]c1=O. The number of aliphatic hydroxyl groups excluding tert-OH is 3. The largest absolute Gasteiger partial charge is 0.790 e. The highest BCUT2D eigenvalue weighted by Crippen LogP contribution is 2.24. The number of hydrogen-bond acceptors (Lipinski definition) is 11. The van der Waals surface area contributed by atoms with Crippen LogP contribution in [0, 0.1) is 0 Å². The lowest BCUT2D eigenvalue weighted by molar-refractivity contribution is -0.343. The molecule has 1 aromatic heterocycles. The summed E-state index contributed by atoms with van der Waals surface area (Å²) < 4.78 is 14.0. The Morgan fingerprint density at radius 1 is 1.22 bits per heavy atom. The average molecular weight is 354 g/mol. The number of hydrogen-bond donors (Lipinski definition) is 7. The number of rotatable bonds is 8. The van der Waals surface area contributed by atoms with Gasteiger partial charge in [0.05, 0.1) is 20.5 Å². The van der Waals surface area contributed by atoms with E-state index in [-0.39, 0.29) is 11.5 Å². The number of anilines is 2. The van der Waals surface area contributed by atoms with Gasteiger partial charge < -0.3 is 45.2 Å². The van der Waals surface area contributed by atoms with Crippen LogP contribution in [-0.2, 0) is 9.09 Å². The first-order valence-corrected chi connectivity index (χ1v) is 7.54.